The Morgan fingerprint density at radius 2 is 2.06 bits per heavy atom. The Balaban J connectivity index is 2.38. The average molecular weight is 238 g/mol. The Kier molecular flexibility index (Phi) is 2.24. The SMILES string of the molecule is Cc1ccsc1-c1[nH]c2ccccc2c1C#N. The van der Waals surface area contributed by atoms with Gasteiger partial charge in [-0.1, -0.05) is 18.2 Å². The highest BCUT2D eigenvalue weighted by Gasteiger charge is 2.14. The molecule has 0 fully saturated rings. The van der Waals surface area contributed by atoms with Crippen LogP contribution in [-0.4, -0.2) is 4.98 Å². The number of nitrogens with zero attached hydrogens (tertiary/aromatic N) is 1. The fourth-order valence-corrected chi connectivity index (χ4v) is 2.99. The van der Waals surface area contributed by atoms with Gasteiger partial charge in [0.15, 0.2) is 0 Å². The Hall–Kier alpha value is -2.05. The van der Waals surface area contributed by atoms with E-state index >= 15 is 0 Å². The second-order valence-corrected chi connectivity index (χ2v) is 4.88. The van der Waals surface area contributed by atoms with Gasteiger partial charge < -0.3 is 4.98 Å². The lowest BCUT2D eigenvalue weighted by Gasteiger charge is -1.96. The van der Waals surface area contributed by atoms with Crippen LogP contribution in [0.25, 0.3) is 21.5 Å². The first-order chi connectivity index (χ1) is 8.31. The zero-order chi connectivity index (χ0) is 11.8. The van der Waals surface area contributed by atoms with E-state index in [1.807, 2.05) is 24.3 Å². The molecule has 0 spiro atoms. The standard InChI is InChI=1S/C14H10N2S/c1-9-6-7-17-14(9)13-11(8-15)10-4-2-3-5-12(10)16-13/h2-7,16H,1H3. The number of benzene rings is 1. The van der Waals surface area contributed by atoms with Gasteiger partial charge in [-0.3, -0.25) is 0 Å². The smallest absolute Gasteiger partial charge is 0.102 e. The van der Waals surface area contributed by atoms with E-state index in [2.05, 4.69) is 29.4 Å². The highest BCUT2D eigenvalue weighted by Crippen LogP contribution is 2.34. The van der Waals surface area contributed by atoms with Gasteiger partial charge in [-0.15, -0.1) is 11.3 Å². The molecule has 0 aliphatic carbocycles. The summed E-state index contributed by atoms with van der Waals surface area (Å²) < 4.78 is 0. The second kappa shape index (κ2) is 3.76. The number of nitrogens with one attached hydrogen (secondary N) is 1. The molecule has 0 radical (unpaired) electrons. The topological polar surface area (TPSA) is 39.6 Å². The van der Waals surface area contributed by atoms with Gasteiger partial charge >= 0.3 is 0 Å². The van der Waals surface area contributed by atoms with Gasteiger partial charge in [0.05, 0.1) is 16.1 Å². The number of rotatable bonds is 1. The number of hydrogen-bond acceptors (Lipinski definition) is 2. The van der Waals surface area contributed by atoms with Crippen LogP contribution in [-0.2, 0) is 0 Å². The zero-order valence-electron chi connectivity index (χ0n) is 9.32. The third-order valence-electron chi connectivity index (χ3n) is 2.91. The van der Waals surface area contributed by atoms with Crippen LogP contribution in [0.2, 0.25) is 0 Å². The molecule has 2 heterocycles. The summed E-state index contributed by atoms with van der Waals surface area (Å²) in [5.74, 6) is 0. The Bertz CT molecular complexity index is 728. The molecule has 0 aliphatic rings. The monoisotopic (exact) mass is 238 g/mol. The van der Waals surface area contributed by atoms with Gasteiger partial charge in [-0.25, -0.2) is 0 Å². The molecule has 3 rings (SSSR count). The first-order valence-corrected chi connectivity index (χ1v) is 6.24. The molecule has 1 N–H and O–H groups in total. The van der Waals surface area contributed by atoms with Crippen LogP contribution in [0, 0.1) is 18.3 Å². The lowest BCUT2D eigenvalue weighted by molar-refractivity contribution is 1.42. The van der Waals surface area contributed by atoms with Crippen LogP contribution in [0.5, 0.6) is 0 Å². The third-order valence-corrected chi connectivity index (χ3v) is 3.94. The molecule has 82 valence electrons. The van der Waals surface area contributed by atoms with E-state index in [0.717, 1.165) is 27.0 Å². The summed E-state index contributed by atoms with van der Waals surface area (Å²) in [6.07, 6.45) is 0. The van der Waals surface area contributed by atoms with Crippen molar-refractivity contribution in [2.24, 2.45) is 0 Å². The maximum atomic E-state index is 9.33. The molecule has 2 aromatic heterocycles. The van der Waals surface area contributed by atoms with E-state index in [-0.39, 0.29) is 0 Å². The number of nitriles is 1. The minimum Gasteiger partial charge on any atom is -0.353 e. The summed E-state index contributed by atoms with van der Waals surface area (Å²) in [7, 11) is 0. The summed E-state index contributed by atoms with van der Waals surface area (Å²) in [5, 5.41) is 12.4. The maximum Gasteiger partial charge on any atom is 0.102 e. The molecule has 0 aliphatic heterocycles. The molecule has 0 saturated carbocycles. The number of aromatic nitrogens is 1. The van der Waals surface area contributed by atoms with Crippen molar-refractivity contribution in [3.63, 3.8) is 0 Å². The van der Waals surface area contributed by atoms with Crippen LogP contribution >= 0.6 is 11.3 Å². The number of aromatic amines is 1. The van der Waals surface area contributed by atoms with Crippen LogP contribution in [0.1, 0.15) is 11.1 Å². The van der Waals surface area contributed by atoms with E-state index in [0.29, 0.717) is 0 Å². The predicted octanol–water partition coefficient (Wildman–Crippen LogP) is 4.08. The van der Waals surface area contributed by atoms with Crippen molar-refractivity contribution in [1.29, 1.82) is 5.26 Å². The van der Waals surface area contributed by atoms with Crippen LogP contribution in [0.15, 0.2) is 35.7 Å². The Labute approximate surface area is 103 Å². The molecule has 17 heavy (non-hydrogen) atoms. The molecule has 0 atom stereocenters. The first kappa shape index (κ1) is 10.1. The molecule has 0 amide bonds. The van der Waals surface area contributed by atoms with Crippen molar-refractivity contribution in [3.05, 3.63) is 46.8 Å². The van der Waals surface area contributed by atoms with Crippen molar-refractivity contribution in [2.75, 3.05) is 0 Å². The van der Waals surface area contributed by atoms with E-state index in [4.69, 9.17) is 0 Å². The fraction of sp³-hybridized carbons (Fsp3) is 0.0714. The minimum atomic E-state index is 0.742. The van der Waals surface area contributed by atoms with Gasteiger partial charge in [0, 0.05) is 10.9 Å². The Morgan fingerprint density at radius 1 is 1.24 bits per heavy atom. The van der Waals surface area contributed by atoms with Gasteiger partial charge in [0.2, 0.25) is 0 Å². The van der Waals surface area contributed by atoms with Crippen LogP contribution in [0.3, 0.4) is 0 Å². The van der Waals surface area contributed by atoms with E-state index in [1.165, 1.54) is 5.56 Å². The quantitative estimate of drug-likeness (QED) is 0.681. The lowest BCUT2D eigenvalue weighted by atomic mass is 10.1. The summed E-state index contributed by atoms with van der Waals surface area (Å²) in [4.78, 5) is 4.50. The summed E-state index contributed by atoms with van der Waals surface area (Å²) >= 11 is 1.67. The van der Waals surface area contributed by atoms with Crippen molar-refractivity contribution in [2.45, 2.75) is 6.92 Å². The molecule has 0 unspecified atom stereocenters. The van der Waals surface area contributed by atoms with Crippen molar-refractivity contribution >= 4 is 22.2 Å². The molecule has 3 heteroatoms. The van der Waals surface area contributed by atoms with Crippen LogP contribution in [0.4, 0.5) is 0 Å². The second-order valence-electron chi connectivity index (χ2n) is 3.97. The van der Waals surface area contributed by atoms with Gasteiger partial charge in [0.1, 0.15) is 6.07 Å². The number of para-hydroxylation sites is 1. The molecular formula is C14H10N2S. The molecule has 0 bridgehead atoms. The largest absolute Gasteiger partial charge is 0.353 e. The maximum absolute atomic E-state index is 9.33. The average Bonchev–Trinajstić information content (AvgIpc) is 2.91. The van der Waals surface area contributed by atoms with E-state index < -0.39 is 0 Å². The molecule has 0 saturated heterocycles. The van der Waals surface area contributed by atoms with Gasteiger partial charge in [-0.05, 0) is 30.0 Å². The van der Waals surface area contributed by atoms with Crippen LogP contribution < -0.4 is 0 Å². The highest BCUT2D eigenvalue weighted by molar-refractivity contribution is 7.13. The number of hydrogen-bond donors (Lipinski definition) is 1. The van der Waals surface area contributed by atoms with Crippen molar-refractivity contribution in [1.82, 2.24) is 4.98 Å². The summed E-state index contributed by atoms with van der Waals surface area (Å²) in [6, 6.07) is 12.3. The van der Waals surface area contributed by atoms with E-state index in [9.17, 15) is 5.26 Å². The van der Waals surface area contributed by atoms with Crippen molar-refractivity contribution < 1.29 is 0 Å². The van der Waals surface area contributed by atoms with Gasteiger partial charge in [0.25, 0.3) is 0 Å². The normalized spacial score (nSPS) is 10.6. The van der Waals surface area contributed by atoms with E-state index in [1.54, 1.807) is 11.3 Å². The number of fused-ring (bicyclic) bond motifs is 1. The van der Waals surface area contributed by atoms with Crippen molar-refractivity contribution in [3.8, 4) is 16.6 Å². The third kappa shape index (κ3) is 1.46. The summed E-state index contributed by atoms with van der Waals surface area (Å²) in [6.45, 7) is 2.07. The van der Waals surface area contributed by atoms with Gasteiger partial charge in [-0.2, -0.15) is 5.26 Å². The fourth-order valence-electron chi connectivity index (χ4n) is 2.06. The molecule has 3 aromatic rings. The molecular weight excluding hydrogens is 228 g/mol. The first-order valence-electron chi connectivity index (χ1n) is 5.36. The molecule has 2 nitrogen and oxygen atoms in total. The number of aryl methyl sites for hydroxylation is 1. The molecule has 1 aromatic carbocycles. The number of H-pyrrole nitrogens is 1. The minimum absolute atomic E-state index is 0.742. The number of thiophene rings is 1. The Morgan fingerprint density at radius 3 is 2.76 bits per heavy atom. The predicted molar refractivity (Wildman–Crippen MR) is 71.1 cm³/mol. The zero-order valence-corrected chi connectivity index (χ0v) is 10.1. The lowest BCUT2D eigenvalue weighted by Crippen LogP contribution is -1.79. The summed E-state index contributed by atoms with van der Waals surface area (Å²) in [5.41, 5.74) is 3.91. The highest BCUT2D eigenvalue weighted by atomic mass is 32.1.